The van der Waals surface area contributed by atoms with Crippen molar-refractivity contribution in [1.29, 1.82) is 0 Å². The van der Waals surface area contributed by atoms with Crippen LogP contribution in [0.25, 0.3) is 49.7 Å². The van der Waals surface area contributed by atoms with E-state index in [2.05, 4.69) is 289 Å². The van der Waals surface area contributed by atoms with Gasteiger partial charge in [0.05, 0.1) is 27.6 Å². The minimum atomic E-state index is -0.743. The molecule has 0 amide bonds. The molecule has 2 aliphatic rings. The fourth-order valence-corrected chi connectivity index (χ4v) is 12.6. The number of aromatic nitrogens is 1. The van der Waals surface area contributed by atoms with Gasteiger partial charge in [-0.3, -0.25) is 0 Å². The highest BCUT2D eigenvalue weighted by Crippen LogP contribution is 2.66. The molecular formula is C68H46N2. The number of benzene rings is 11. The monoisotopic (exact) mass is 890 g/mol. The molecule has 0 radical (unpaired) electrons. The highest BCUT2D eigenvalue weighted by Gasteiger charge is 2.58. The Labute approximate surface area is 408 Å². The Kier molecular flexibility index (Phi) is 9.06. The van der Waals surface area contributed by atoms with Gasteiger partial charge in [0.25, 0.3) is 0 Å². The summed E-state index contributed by atoms with van der Waals surface area (Å²) in [5.41, 5.74) is 20.7. The van der Waals surface area contributed by atoms with Crippen LogP contribution < -0.4 is 4.90 Å². The van der Waals surface area contributed by atoms with E-state index in [4.69, 9.17) is 0 Å². The van der Waals surface area contributed by atoms with Gasteiger partial charge in [-0.05, 0) is 115 Å². The van der Waals surface area contributed by atoms with Crippen molar-refractivity contribution in [2.45, 2.75) is 10.8 Å². The van der Waals surface area contributed by atoms with E-state index in [1.807, 2.05) is 0 Å². The zero-order valence-electron chi connectivity index (χ0n) is 38.5. The van der Waals surface area contributed by atoms with Crippen LogP contribution in [0.1, 0.15) is 44.5 Å². The first-order valence-electron chi connectivity index (χ1n) is 24.3. The lowest BCUT2D eigenvalue weighted by Gasteiger charge is -2.50. The standard InChI is InChI=1S/C68H46N2/c1-5-22-47(23-6-1)48-40-42-52(43-41-48)70-63-38-19-14-31-55(63)56-45-44-53(46-65(56)70)69(51-28-11-4-12-29-51)64-39-20-18-36-61(64)67(49-24-7-2-8-25-49)59-34-16-17-35-60(59)68(50-26-9-3-10-27-50)58-33-15-13-30-54(58)57-32-21-37-62(67)66(57)68/h1-46H. The Morgan fingerprint density at radius 2 is 0.814 bits per heavy atom. The Morgan fingerprint density at radius 1 is 0.300 bits per heavy atom. The van der Waals surface area contributed by atoms with Crippen molar-refractivity contribution in [3.63, 3.8) is 0 Å². The van der Waals surface area contributed by atoms with Crippen molar-refractivity contribution in [2.24, 2.45) is 0 Å². The number of rotatable bonds is 8. The smallest absolute Gasteiger partial charge is 0.0728 e. The molecular weight excluding hydrogens is 845 g/mol. The summed E-state index contributed by atoms with van der Waals surface area (Å²) in [5.74, 6) is 0. The summed E-state index contributed by atoms with van der Waals surface area (Å²) in [6.07, 6.45) is 0. The molecule has 0 N–H and O–H groups in total. The van der Waals surface area contributed by atoms with Crippen LogP contribution in [0.5, 0.6) is 0 Å². The molecule has 14 rings (SSSR count). The molecule has 0 spiro atoms. The zero-order chi connectivity index (χ0) is 46.2. The molecule has 11 aromatic carbocycles. The van der Waals surface area contributed by atoms with E-state index >= 15 is 0 Å². The Balaban J connectivity index is 1.06. The van der Waals surface area contributed by atoms with Gasteiger partial charge in [0, 0.05) is 27.8 Å². The molecule has 1 heterocycles. The molecule has 0 aliphatic heterocycles. The number of fused-ring (bicyclic) bond motifs is 8. The molecule has 0 saturated carbocycles. The van der Waals surface area contributed by atoms with Gasteiger partial charge in [-0.1, -0.05) is 231 Å². The number of nitrogens with zero attached hydrogens (tertiary/aromatic N) is 2. The minimum absolute atomic E-state index is 0.537. The van der Waals surface area contributed by atoms with E-state index < -0.39 is 10.8 Å². The van der Waals surface area contributed by atoms with Gasteiger partial charge >= 0.3 is 0 Å². The first-order chi connectivity index (χ1) is 34.8. The van der Waals surface area contributed by atoms with Crippen LogP contribution in [0, 0.1) is 0 Å². The van der Waals surface area contributed by atoms with E-state index in [9.17, 15) is 0 Å². The lowest BCUT2D eigenvalue weighted by atomic mass is 9.51. The third-order valence-corrected chi connectivity index (χ3v) is 15.3. The summed E-state index contributed by atoms with van der Waals surface area (Å²) in [6.45, 7) is 0. The highest BCUT2D eigenvalue weighted by atomic mass is 15.1. The normalized spacial score (nSPS) is 16.4. The van der Waals surface area contributed by atoms with Crippen molar-refractivity contribution in [3.05, 3.63) is 324 Å². The van der Waals surface area contributed by atoms with Gasteiger partial charge < -0.3 is 9.47 Å². The highest BCUT2D eigenvalue weighted by molar-refractivity contribution is 6.10. The number of hydrogen-bond acceptors (Lipinski definition) is 1. The summed E-state index contributed by atoms with van der Waals surface area (Å²) in [7, 11) is 0. The average molecular weight is 891 g/mol. The lowest BCUT2D eigenvalue weighted by Crippen LogP contribution is -2.44. The van der Waals surface area contributed by atoms with Crippen LogP contribution in [-0.4, -0.2) is 4.57 Å². The molecule has 2 heteroatoms. The predicted molar refractivity (Wildman–Crippen MR) is 290 cm³/mol. The van der Waals surface area contributed by atoms with Crippen LogP contribution in [0.3, 0.4) is 0 Å². The summed E-state index contributed by atoms with van der Waals surface area (Å²) in [5, 5.41) is 2.44. The Bertz CT molecular complexity index is 3930. The molecule has 0 saturated heterocycles. The summed E-state index contributed by atoms with van der Waals surface area (Å²) in [6, 6.07) is 104. The van der Waals surface area contributed by atoms with E-state index in [1.165, 1.54) is 83.1 Å². The van der Waals surface area contributed by atoms with Crippen LogP contribution in [0.4, 0.5) is 17.1 Å². The predicted octanol–water partition coefficient (Wildman–Crippen LogP) is 17.0. The first-order valence-corrected chi connectivity index (χ1v) is 24.3. The number of para-hydroxylation sites is 3. The van der Waals surface area contributed by atoms with Gasteiger partial charge in [0.2, 0.25) is 0 Å². The van der Waals surface area contributed by atoms with E-state index in [1.54, 1.807) is 0 Å². The SMILES string of the molecule is c1ccc(-c2ccc(-n3c4ccccc4c4ccc(N(c5ccccc5)c5ccccc5C5(c6ccccc6)c6ccccc6C6(c7ccccc7)c7ccccc7-c7cccc5c76)cc43)cc2)cc1. The second-order valence-electron chi connectivity index (χ2n) is 18.7. The maximum absolute atomic E-state index is 2.50. The van der Waals surface area contributed by atoms with Crippen LogP contribution in [0.15, 0.2) is 279 Å². The first kappa shape index (κ1) is 40.1. The minimum Gasteiger partial charge on any atom is -0.310 e. The van der Waals surface area contributed by atoms with Crippen molar-refractivity contribution in [2.75, 3.05) is 4.90 Å². The van der Waals surface area contributed by atoms with Gasteiger partial charge in [0.1, 0.15) is 0 Å². The second kappa shape index (κ2) is 15.8. The quantitative estimate of drug-likeness (QED) is 0.148. The molecule has 0 fully saturated rings. The zero-order valence-corrected chi connectivity index (χ0v) is 38.5. The van der Waals surface area contributed by atoms with Crippen LogP contribution in [-0.2, 0) is 10.8 Å². The average Bonchev–Trinajstić information content (AvgIpc) is 3.94. The molecule has 1 aromatic heterocycles. The Hall–Kier alpha value is -8.98. The number of hydrogen-bond donors (Lipinski definition) is 0. The van der Waals surface area contributed by atoms with Gasteiger partial charge in [0.15, 0.2) is 0 Å². The van der Waals surface area contributed by atoms with Crippen LogP contribution in [0.2, 0.25) is 0 Å². The molecule has 2 unspecified atom stereocenters. The van der Waals surface area contributed by atoms with Crippen molar-refractivity contribution in [1.82, 2.24) is 4.57 Å². The molecule has 2 aliphatic carbocycles. The maximum atomic E-state index is 2.50. The molecule has 2 nitrogen and oxygen atoms in total. The Morgan fingerprint density at radius 3 is 1.54 bits per heavy atom. The number of anilines is 3. The third kappa shape index (κ3) is 5.62. The fourth-order valence-electron chi connectivity index (χ4n) is 12.6. The largest absolute Gasteiger partial charge is 0.310 e. The van der Waals surface area contributed by atoms with Crippen molar-refractivity contribution < 1.29 is 0 Å². The van der Waals surface area contributed by atoms with Crippen molar-refractivity contribution in [3.8, 4) is 27.9 Å². The molecule has 0 bridgehead atoms. The van der Waals surface area contributed by atoms with Gasteiger partial charge in [-0.15, -0.1) is 0 Å². The summed E-state index contributed by atoms with van der Waals surface area (Å²) < 4.78 is 2.44. The van der Waals surface area contributed by atoms with Gasteiger partial charge in [-0.2, -0.15) is 0 Å². The summed E-state index contributed by atoms with van der Waals surface area (Å²) in [4.78, 5) is 2.50. The lowest BCUT2D eigenvalue weighted by molar-refractivity contribution is 0.627. The second-order valence-corrected chi connectivity index (χ2v) is 18.7. The van der Waals surface area contributed by atoms with E-state index in [-0.39, 0.29) is 0 Å². The van der Waals surface area contributed by atoms with E-state index in [0.717, 1.165) is 28.3 Å². The van der Waals surface area contributed by atoms with Crippen LogP contribution >= 0.6 is 0 Å². The van der Waals surface area contributed by atoms with Crippen molar-refractivity contribution >= 4 is 38.9 Å². The maximum Gasteiger partial charge on any atom is 0.0728 e. The molecule has 70 heavy (non-hydrogen) atoms. The third-order valence-electron chi connectivity index (χ3n) is 15.3. The van der Waals surface area contributed by atoms with Gasteiger partial charge in [-0.25, -0.2) is 0 Å². The molecule has 12 aromatic rings. The fraction of sp³-hybridized carbons (Fsp3) is 0.0294. The molecule has 2 atom stereocenters. The summed E-state index contributed by atoms with van der Waals surface area (Å²) >= 11 is 0. The van der Waals surface area contributed by atoms with E-state index in [0.29, 0.717) is 0 Å². The topological polar surface area (TPSA) is 8.17 Å². The molecule has 328 valence electrons.